The Kier molecular flexibility index (Phi) is 7.70. The van der Waals surface area contributed by atoms with Crippen molar-refractivity contribution in [1.29, 1.82) is 0 Å². The third kappa shape index (κ3) is 5.82. The van der Waals surface area contributed by atoms with Gasteiger partial charge in [-0.25, -0.2) is 13.8 Å². The molecule has 3 N–H and O–H groups in total. The molecule has 1 amide bonds. The molecule has 5 rings (SSSR count). The van der Waals surface area contributed by atoms with Crippen LogP contribution in [0.2, 0.25) is 0 Å². The van der Waals surface area contributed by atoms with Gasteiger partial charge in [0.05, 0.1) is 28.0 Å². The largest absolute Gasteiger partial charge is 0.506 e. The number of oxime groups is 1. The van der Waals surface area contributed by atoms with Crippen molar-refractivity contribution in [3.05, 3.63) is 94.0 Å². The molecule has 42 heavy (non-hydrogen) atoms. The van der Waals surface area contributed by atoms with Gasteiger partial charge in [0.1, 0.15) is 23.2 Å². The highest BCUT2D eigenvalue weighted by molar-refractivity contribution is 6.09. The first-order valence-corrected chi connectivity index (χ1v) is 13.1. The number of unbranched alkanes of at least 4 members (excludes halogenated alkanes) is 1. The third-order valence-electron chi connectivity index (χ3n) is 6.95. The number of carbonyl (C=O) groups excluding carboxylic acids is 1. The number of fused-ring (bicyclic) bond motifs is 1. The maximum atomic E-state index is 13.6. The number of rotatable bonds is 9. The van der Waals surface area contributed by atoms with Gasteiger partial charge in [-0.3, -0.25) is 19.0 Å². The van der Waals surface area contributed by atoms with Gasteiger partial charge in [-0.2, -0.15) is 0 Å². The summed E-state index contributed by atoms with van der Waals surface area (Å²) in [6.07, 6.45) is 1.16. The Morgan fingerprint density at radius 2 is 1.79 bits per heavy atom. The molecule has 12 heteroatoms. The van der Waals surface area contributed by atoms with Gasteiger partial charge < -0.3 is 20.4 Å². The zero-order valence-corrected chi connectivity index (χ0v) is 22.4. The van der Waals surface area contributed by atoms with Crippen LogP contribution >= 0.6 is 0 Å². The van der Waals surface area contributed by atoms with Crippen molar-refractivity contribution in [2.75, 3.05) is 5.32 Å². The van der Waals surface area contributed by atoms with E-state index in [0.717, 1.165) is 18.2 Å². The number of hydrogen-bond donors (Lipinski definition) is 3. The lowest BCUT2D eigenvalue weighted by Gasteiger charge is -2.20. The fourth-order valence-corrected chi connectivity index (χ4v) is 4.67. The van der Waals surface area contributed by atoms with Crippen molar-refractivity contribution >= 4 is 34.2 Å². The van der Waals surface area contributed by atoms with Crippen LogP contribution < -0.4 is 10.9 Å². The molecule has 216 valence electrons. The van der Waals surface area contributed by atoms with Gasteiger partial charge in [0.15, 0.2) is 0 Å². The van der Waals surface area contributed by atoms with E-state index < -0.39 is 29.1 Å². The minimum Gasteiger partial charge on any atom is -0.506 e. The number of aliphatic carboxylic acids is 1. The minimum atomic E-state index is -1.46. The van der Waals surface area contributed by atoms with Gasteiger partial charge in [0.2, 0.25) is 5.60 Å². The molecule has 4 aromatic rings. The molecule has 0 saturated carbocycles. The molecule has 0 radical (unpaired) electrons. The normalized spacial score (nSPS) is 16.2. The van der Waals surface area contributed by atoms with E-state index in [1.807, 2.05) is 0 Å². The number of nitrogens with zero attached hydrogens (tertiary/aromatic N) is 3. The number of aromatic nitrogens is 2. The second kappa shape index (κ2) is 11.4. The average molecular weight is 577 g/mol. The quantitative estimate of drug-likeness (QED) is 0.194. The number of halogens is 2. The number of carboxylic acids is 1. The highest BCUT2D eigenvalue weighted by atomic mass is 19.1. The Labute approximate surface area is 237 Å². The zero-order chi connectivity index (χ0) is 30.0. The summed E-state index contributed by atoms with van der Waals surface area (Å²) in [5.41, 5.74) is -0.210. The van der Waals surface area contributed by atoms with Crippen molar-refractivity contribution < 1.29 is 33.4 Å². The highest BCUT2D eigenvalue weighted by Crippen LogP contribution is 2.31. The van der Waals surface area contributed by atoms with Gasteiger partial charge in [-0.1, -0.05) is 11.2 Å². The maximum Gasteiger partial charge on any atom is 0.303 e. The Balaban J connectivity index is 1.44. The van der Waals surface area contributed by atoms with Crippen LogP contribution in [0.5, 0.6) is 5.75 Å². The fourth-order valence-electron chi connectivity index (χ4n) is 4.67. The number of phenolic OH excluding ortho intramolecular Hbond substituents is 1. The first-order chi connectivity index (χ1) is 20.0. The summed E-state index contributed by atoms with van der Waals surface area (Å²) < 4.78 is 28.6. The molecule has 1 aliphatic heterocycles. The molecule has 0 aliphatic carbocycles. The van der Waals surface area contributed by atoms with E-state index in [1.165, 1.54) is 35.8 Å². The van der Waals surface area contributed by atoms with Crippen LogP contribution in [-0.2, 0) is 20.8 Å². The van der Waals surface area contributed by atoms with Gasteiger partial charge in [-0.15, -0.1) is 0 Å². The van der Waals surface area contributed by atoms with Crippen molar-refractivity contribution in [3.63, 3.8) is 0 Å². The van der Waals surface area contributed by atoms with Gasteiger partial charge in [0.25, 0.3) is 11.5 Å². The first-order valence-electron chi connectivity index (χ1n) is 13.1. The SMILES string of the molecule is C[C@]1(C(=O)Nc2cc(F)ccc2O)CC(c2ccc3c(=O)n(-c4ccc(F)cc4)c(CCCCC(=O)O)nc3c2)=NO1. The molecule has 0 saturated heterocycles. The second-order valence-electron chi connectivity index (χ2n) is 10.1. The Morgan fingerprint density at radius 1 is 1.05 bits per heavy atom. The van der Waals surface area contributed by atoms with Crippen LogP contribution in [0.1, 0.15) is 44.0 Å². The third-order valence-corrected chi connectivity index (χ3v) is 6.95. The summed E-state index contributed by atoms with van der Waals surface area (Å²) in [6.45, 7) is 1.51. The summed E-state index contributed by atoms with van der Waals surface area (Å²) in [6, 6.07) is 13.5. The van der Waals surface area contributed by atoms with Gasteiger partial charge >= 0.3 is 5.97 Å². The van der Waals surface area contributed by atoms with E-state index in [9.17, 15) is 28.3 Å². The van der Waals surface area contributed by atoms with Crippen LogP contribution in [0, 0.1) is 11.6 Å². The fraction of sp³-hybridized carbons (Fsp3) is 0.233. The van der Waals surface area contributed by atoms with Crippen molar-refractivity contribution in [2.24, 2.45) is 5.16 Å². The van der Waals surface area contributed by atoms with Crippen molar-refractivity contribution in [2.45, 2.75) is 44.6 Å². The molecule has 2 heterocycles. The molecule has 3 aromatic carbocycles. The number of anilines is 1. The van der Waals surface area contributed by atoms with Crippen LogP contribution in [0.15, 0.2) is 70.6 Å². The van der Waals surface area contributed by atoms with E-state index in [-0.39, 0.29) is 29.8 Å². The average Bonchev–Trinajstić information content (AvgIpc) is 3.37. The van der Waals surface area contributed by atoms with Crippen LogP contribution in [-0.4, -0.2) is 43.0 Å². The second-order valence-corrected chi connectivity index (χ2v) is 10.1. The minimum absolute atomic E-state index is 0.0243. The van der Waals surface area contributed by atoms with E-state index in [4.69, 9.17) is 14.9 Å². The van der Waals surface area contributed by atoms with E-state index >= 15 is 0 Å². The lowest BCUT2D eigenvalue weighted by molar-refractivity contribution is -0.137. The smallest absolute Gasteiger partial charge is 0.303 e. The molecular weight excluding hydrogens is 550 g/mol. The zero-order valence-electron chi connectivity index (χ0n) is 22.4. The number of carbonyl (C=O) groups is 2. The summed E-state index contributed by atoms with van der Waals surface area (Å²) in [4.78, 5) is 47.7. The number of aryl methyl sites for hydroxylation is 1. The molecule has 1 atom stereocenters. The van der Waals surface area contributed by atoms with Crippen LogP contribution in [0.3, 0.4) is 0 Å². The number of benzene rings is 3. The number of hydrogen-bond acceptors (Lipinski definition) is 7. The standard InChI is InChI=1S/C30H26F2N4O6/c1-30(29(41)34-23-15-19(32)9-13-25(23)37)16-24(35-42-30)17-6-12-21-22(14-17)33-26(4-2-3-5-27(38)39)36(28(21)40)20-10-7-18(31)8-11-20/h6-15,37H,2-5,16H2,1H3,(H,34,41)(H,38,39)/t30-/m1/s1. The molecule has 1 aliphatic rings. The van der Waals surface area contributed by atoms with Crippen LogP contribution in [0.4, 0.5) is 14.5 Å². The summed E-state index contributed by atoms with van der Waals surface area (Å²) >= 11 is 0. The Bertz CT molecular complexity index is 1790. The predicted octanol–water partition coefficient (Wildman–Crippen LogP) is 4.69. The molecule has 10 nitrogen and oxygen atoms in total. The summed E-state index contributed by atoms with van der Waals surface area (Å²) in [7, 11) is 0. The number of carboxylic acid groups (broad SMARTS) is 1. The Morgan fingerprint density at radius 3 is 2.52 bits per heavy atom. The molecule has 0 fully saturated rings. The highest BCUT2D eigenvalue weighted by Gasteiger charge is 2.42. The number of aromatic hydroxyl groups is 1. The van der Waals surface area contributed by atoms with Crippen LogP contribution in [0.25, 0.3) is 16.6 Å². The monoisotopic (exact) mass is 576 g/mol. The van der Waals surface area contributed by atoms with E-state index in [2.05, 4.69) is 10.5 Å². The lowest BCUT2D eigenvalue weighted by atomic mass is 9.94. The van der Waals surface area contributed by atoms with Crippen molar-refractivity contribution in [1.82, 2.24) is 9.55 Å². The van der Waals surface area contributed by atoms with Gasteiger partial charge in [0, 0.05) is 30.9 Å². The maximum absolute atomic E-state index is 13.6. The topological polar surface area (TPSA) is 143 Å². The molecule has 1 aromatic heterocycles. The number of amides is 1. The number of nitrogens with one attached hydrogen (secondary N) is 1. The van der Waals surface area contributed by atoms with Crippen molar-refractivity contribution in [3.8, 4) is 11.4 Å². The van der Waals surface area contributed by atoms with E-state index in [1.54, 1.807) is 18.2 Å². The summed E-state index contributed by atoms with van der Waals surface area (Å²) in [5.74, 6) is -2.59. The Hall–Kier alpha value is -5.13. The van der Waals surface area contributed by atoms with E-state index in [0.29, 0.717) is 53.0 Å². The summed E-state index contributed by atoms with van der Waals surface area (Å²) in [5, 5.41) is 25.8. The molecule has 0 bridgehead atoms. The number of phenols is 1. The predicted molar refractivity (Wildman–Crippen MR) is 150 cm³/mol. The first kappa shape index (κ1) is 28.4. The lowest BCUT2D eigenvalue weighted by Crippen LogP contribution is -2.40. The molecule has 0 unspecified atom stereocenters. The molecule has 0 spiro atoms. The van der Waals surface area contributed by atoms with Gasteiger partial charge in [-0.05, 0) is 68.3 Å². The molecular formula is C30H26F2N4O6.